The molecule has 1 heterocycles. The van der Waals surface area contributed by atoms with Crippen LogP contribution in [-0.4, -0.2) is 40.5 Å². The molecule has 1 saturated heterocycles. The molecule has 0 aromatic rings. The zero-order valence-corrected chi connectivity index (χ0v) is 9.01. The van der Waals surface area contributed by atoms with E-state index in [2.05, 4.69) is 0 Å². The number of carbonyl (C=O) groups is 1. The lowest BCUT2D eigenvalue weighted by Gasteiger charge is -2.33. The molecule has 3 fully saturated rings. The summed E-state index contributed by atoms with van der Waals surface area (Å²) < 4.78 is 26.2. The predicted molar refractivity (Wildman–Crippen MR) is 52.0 cm³/mol. The van der Waals surface area contributed by atoms with Crippen LogP contribution in [0.4, 0.5) is 8.78 Å². The van der Waals surface area contributed by atoms with Crippen LogP contribution in [0.5, 0.6) is 0 Å². The minimum absolute atomic E-state index is 0.0215. The number of nitrogens with zero attached hydrogens (tertiary/aromatic N) is 1. The van der Waals surface area contributed by atoms with Crippen LogP contribution in [0.3, 0.4) is 0 Å². The number of hydrogen-bond donors (Lipinski definition) is 1. The third kappa shape index (κ3) is 1.30. The minimum Gasteiger partial charge on any atom is -0.380 e. The van der Waals surface area contributed by atoms with Crippen LogP contribution in [0.15, 0.2) is 0 Å². The molecule has 1 spiro atoms. The van der Waals surface area contributed by atoms with Gasteiger partial charge >= 0.3 is 0 Å². The van der Waals surface area contributed by atoms with Crippen LogP contribution in [-0.2, 0) is 4.79 Å². The van der Waals surface area contributed by atoms with Crippen molar-refractivity contribution in [3.8, 4) is 0 Å². The molecule has 1 N–H and O–H groups in total. The monoisotopic (exact) mass is 231 g/mol. The number of aliphatic hydroxyl groups is 1. The number of amides is 1. The van der Waals surface area contributed by atoms with E-state index in [0.717, 1.165) is 0 Å². The third-order valence-corrected chi connectivity index (χ3v) is 4.34. The van der Waals surface area contributed by atoms with E-state index in [-0.39, 0.29) is 12.3 Å². The van der Waals surface area contributed by atoms with Gasteiger partial charge in [0.2, 0.25) is 0 Å². The molecule has 1 aliphatic heterocycles. The van der Waals surface area contributed by atoms with E-state index in [9.17, 15) is 18.7 Å². The fourth-order valence-corrected chi connectivity index (χ4v) is 2.69. The molecule has 16 heavy (non-hydrogen) atoms. The molecule has 0 bridgehead atoms. The van der Waals surface area contributed by atoms with Crippen molar-refractivity contribution in [3.63, 3.8) is 0 Å². The molecule has 0 aromatic heterocycles. The zero-order valence-electron chi connectivity index (χ0n) is 9.01. The highest BCUT2D eigenvalue weighted by Gasteiger charge is 2.71. The first-order valence-corrected chi connectivity index (χ1v) is 5.78. The average Bonchev–Trinajstić information content (AvgIpc) is 3.08. The van der Waals surface area contributed by atoms with Crippen molar-refractivity contribution < 1.29 is 18.7 Å². The van der Waals surface area contributed by atoms with Crippen molar-refractivity contribution in [1.29, 1.82) is 0 Å². The van der Waals surface area contributed by atoms with E-state index in [1.54, 1.807) is 4.90 Å². The maximum absolute atomic E-state index is 13.1. The quantitative estimate of drug-likeness (QED) is 0.735. The van der Waals surface area contributed by atoms with Gasteiger partial charge in [-0.2, -0.15) is 0 Å². The molecule has 0 radical (unpaired) electrons. The van der Waals surface area contributed by atoms with Gasteiger partial charge in [0.1, 0.15) is 5.60 Å². The van der Waals surface area contributed by atoms with Crippen molar-refractivity contribution >= 4 is 5.91 Å². The van der Waals surface area contributed by atoms with Crippen LogP contribution < -0.4 is 0 Å². The standard InChI is InChI=1S/C11H15F2NO2/c12-11(13)7-9(11)3-5-14(6-4-9)8(15)10(16)1-2-10/h16H,1-7H2. The summed E-state index contributed by atoms with van der Waals surface area (Å²) >= 11 is 0. The number of halogens is 2. The molecule has 3 nitrogen and oxygen atoms in total. The molecule has 2 aliphatic carbocycles. The maximum atomic E-state index is 13.1. The van der Waals surface area contributed by atoms with Crippen molar-refractivity contribution in [1.82, 2.24) is 4.90 Å². The smallest absolute Gasteiger partial charge is 0.254 e. The van der Waals surface area contributed by atoms with E-state index < -0.39 is 16.9 Å². The van der Waals surface area contributed by atoms with Gasteiger partial charge in [-0.25, -0.2) is 8.78 Å². The van der Waals surface area contributed by atoms with Crippen molar-refractivity contribution in [2.24, 2.45) is 5.41 Å². The second-order valence-corrected chi connectivity index (χ2v) is 5.49. The summed E-state index contributed by atoms with van der Waals surface area (Å²) in [7, 11) is 0. The lowest BCUT2D eigenvalue weighted by atomic mass is 9.92. The van der Waals surface area contributed by atoms with Gasteiger partial charge in [0.05, 0.1) is 0 Å². The van der Waals surface area contributed by atoms with Gasteiger partial charge in [-0.15, -0.1) is 0 Å². The highest BCUT2D eigenvalue weighted by atomic mass is 19.3. The Hall–Kier alpha value is -0.710. The molecule has 2 saturated carbocycles. The van der Waals surface area contributed by atoms with E-state index in [1.807, 2.05) is 0 Å². The van der Waals surface area contributed by atoms with Gasteiger partial charge in [0, 0.05) is 24.9 Å². The fourth-order valence-electron chi connectivity index (χ4n) is 2.69. The van der Waals surface area contributed by atoms with Crippen molar-refractivity contribution in [2.75, 3.05) is 13.1 Å². The lowest BCUT2D eigenvalue weighted by molar-refractivity contribution is -0.144. The molecule has 5 heteroatoms. The van der Waals surface area contributed by atoms with Gasteiger partial charge in [0.25, 0.3) is 11.8 Å². The summed E-state index contributed by atoms with van der Waals surface area (Å²) in [5, 5.41) is 9.66. The Labute approximate surface area is 92.4 Å². The summed E-state index contributed by atoms with van der Waals surface area (Å²) in [6, 6.07) is 0. The van der Waals surface area contributed by atoms with Gasteiger partial charge in [-0.1, -0.05) is 0 Å². The second-order valence-electron chi connectivity index (χ2n) is 5.49. The summed E-state index contributed by atoms with van der Waals surface area (Å²) in [4.78, 5) is 13.3. The van der Waals surface area contributed by atoms with Gasteiger partial charge in [0.15, 0.2) is 0 Å². The summed E-state index contributed by atoms with van der Waals surface area (Å²) in [5.74, 6) is -2.77. The topological polar surface area (TPSA) is 40.5 Å². The number of rotatable bonds is 1. The second kappa shape index (κ2) is 2.75. The zero-order chi connectivity index (χ0) is 11.6. The number of alkyl halides is 2. The van der Waals surface area contributed by atoms with Gasteiger partial charge < -0.3 is 10.0 Å². The molecular formula is C11H15F2NO2. The number of carbonyl (C=O) groups excluding carboxylic acids is 1. The van der Waals surface area contributed by atoms with E-state index in [4.69, 9.17) is 0 Å². The summed E-state index contributed by atoms with van der Waals surface area (Å²) in [5.41, 5.74) is -1.98. The van der Waals surface area contributed by atoms with Crippen LogP contribution in [0.25, 0.3) is 0 Å². The molecular weight excluding hydrogens is 216 g/mol. The Morgan fingerprint density at radius 2 is 1.62 bits per heavy atom. The fraction of sp³-hybridized carbons (Fsp3) is 0.909. The Balaban J connectivity index is 1.61. The molecule has 3 rings (SSSR count). The Kier molecular flexibility index (Phi) is 1.80. The largest absolute Gasteiger partial charge is 0.380 e. The van der Waals surface area contributed by atoms with Crippen LogP contribution in [0.2, 0.25) is 0 Å². The van der Waals surface area contributed by atoms with E-state index in [0.29, 0.717) is 38.8 Å². The predicted octanol–water partition coefficient (Wildman–Crippen LogP) is 1.16. The SMILES string of the molecule is O=C(N1CCC2(CC1)CC2(F)F)C1(O)CC1. The van der Waals surface area contributed by atoms with Crippen LogP contribution in [0, 0.1) is 5.41 Å². The number of likely N-dealkylation sites (tertiary alicyclic amines) is 1. The number of hydrogen-bond acceptors (Lipinski definition) is 2. The summed E-state index contributed by atoms with van der Waals surface area (Å²) in [6.45, 7) is 0.744. The van der Waals surface area contributed by atoms with Crippen LogP contribution in [0.1, 0.15) is 32.1 Å². The Morgan fingerprint density at radius 1 is 1.12 bits per heavy atom. The first-order chi connectivity index (χ1) is 7.39. The first kappa shape index (κ1) is 10.4. The van der Waals surface area contributed by atoms with Crippen molar-refractivity contribution in [3.05, 3.63) is 0 Å². The normalized spacial score (nSPS) is 32.6. The molecule has 90 valence electrons. The highest BCUT2D eigenvalue weighted by Crippen LogP contribution is 2.65. The van der Waals surface area contributed by atoms with Gasteiger partial charge in [-0.3, -0.25) is 4.79 Å². The molecule has 3 aliphatic rings. The Morgan fingerprint density at radius 3 is 2.00 bits per heavy atom. The molecule has 1 amide bonds. The van der Waals surface area contributed by atoms with E-state index >= 15 is 0 Å². The van der Waals surface area contributed by atoms with Crippen molar-refractivity contribution in [2.45, 2.75) is 43.6 Å². The molecule has 0 aromatic carbocycles. The molecule has 0 unspecified atom stereocenters. The first-order valence-electron chi connectivity index (χ1n) is 5.78. The Bertz CT molecular complexity index is 344. The van der Waals surface area contributed by atoms with Gasteiger partial charge in [-0.05, 0) is 25.7 Å². The maximum Gasteiger partial charge on any atom is 0.254 e. The minimum atomic E-state index is -2.52. The van der Waals surface area contributed by atoms with E-state index in [1.165, 1.54) is 0 Å². The highest BCUT2D eigenvalue weighted by molar-refractivity contribution is 5.87. The molecule has 0 atom stereocenters. The van der Waals surface area contributed by atoms with Crippen LogP contribution >= 0.6 is 0 Å². The number of piperidine rings is 1. The summed E-state index contributed by atoms with van der Waals surface area (Å²) in [6.07, 6.45) is 1.77. The lowest BCUT2D eigenvalue weighted by Crippen LogP contribution is -2.46. The average molecular weight is 231 g/mol. The third-order valence-electron chi connectivity index (χ3n) is 4.34.